The summed E-state index contributed by atoms with van der Waals surface area (Å²) in [6.45, 7) is 0. The van der Waals surface area contributed by atoms with Crippen LogP contribution in [0.3, 0.4) is 0 Å². The number of aryl methyl sites for hydroxylation is 1. The van der Waals surface area contributed by atoms with E-state index in [2.05, 4.69) is 10.1 Å². The Morgan fingerprint density at radius 3 is 2.72 bits per heavy atom. The maximum absolute atomic E-state index is 12.5. The first-order chi connectivity index (χ1) is 12.0. The summed E-state index contributed by atoms with van der Waals surface area (Å²) >= 11 is 0. The highest BCUT2D eigenvalue weighted by molar-refractivity contribution is 5.87. The van der Waals surface area contributed by atoms with E-state index in [9.17, 15) is 14.7 Å². The van der Waals surface area contributed by atoms with E-state index < -0.39 is 11.5 Å². The van der Waals surface area contributed by atoms with Crippen LogP contribution in [0.4, 0.5) is 0 Å². The number of aliphatic carboxylic acids is 1. The third kappa shape index (κ3) is 3.42. The molecule has 0 saturated heterocycles. The largest absolute Gasteiger partial charge is 0.479 e. The number of carboxylic acid groups (broad SMARTS) is 1. The third-order valence-electron chi connectivity index (χ3n) is 4.90. The Bertz CT molecular complexity index is 731. The molecular weight excluding hydrogens is 326 g/mol. The molecule has 0 bridgehead atoms. The van der Waals surface area contributed by atoms with Crippen molar-refractivity contribution in [2.75, 3.05) is 7.05 Å². The van der Waals surface area contributed by atoms with Crippen molar-refractivity contribution < 1.29 is 23.6 Å². The number of rotatable bonds is 6. The molecule has 8 heteroatoms. The molecule has 3 rings (SSSR count). The van der Waals surface area contributed by atoms with Crippen LogP contribution < -0.4 is 0 Å². The van der Waals surface area contributed by atoms with E-state index in [1.165, 1.54) is 17.4 Å². The van der Waals surface area contributed by atoms with Crippen LogP contribution in [0.25, 0.3) is 11.4 Å². The summed E-state index contributed by atoms with van der Waals surface area (Å²) in [6.07, 6.45) is 7.06. The van der Waals surface area contributed by atoms with E-state index in [4.69, 9.17) is 8.94 Å². The topological polar surface area (TPSA) is 110 Å². The molecule has 8 nitrogen and oxygen atoms in total. The molecule has 2 aromatic heterocycles. The third-order valence-corrected chi connectivity index (χ3v) is 4.90. The summed E-state index contributed by atoms with van der Waals surface area (Å²) in [5, 5.41) is 13.5. The van der Waals surface area contributed by atoms with E-state index in [1.54, 1.807) is 13.1 Å². The maximum atomic E-state index is 12.5. The Labute approximate surface area is 144 Å². The van der Waals surface area contributed by atoms with Gasteiger partial charge in [-0.15, -0.1) is 0 Å². The van der Waals surface area contributed by atoms with Gasteiger partial charge in [-0.3, -0.25) is 4.79 Å². The first kappa shape index (κ1) is 17.2. The molecule has 0 radical (unpaired) electrons. The number of carbonyl (C=O) groups excluding carboxylic acids is 1. The first-order valence-corrected chi connectivity index (χ1v) is 8.38. The number of amides is 1. The van der Waals surface area contributed by atoms with E-state index in [0.717, 1.165) is 19.3 Å². The van der Waals surface area contributed by atoms with Gasteiger partial charge in [-0.1, -0.05) is 24.4 Å². The van der Waals surface area contributed by atoms with Crippen LogP contribution in [0.2, 0.25) is 0 Å². The highest BCUT2D eigenvalue weighted by Gasteiger charge is 2.45. The molecule has 1 aliphatic carbocycles. The summed E-state index contributed by atoms with van der Waals surface area (Å²) in [4.78, 5) is 29.9. The van der Waals surface area contributed by atoms with Crippen molar-refractivity contribution in [1.29, 1.82) is 0 Å². The van der Waals surface area contributed by atoms with Gasteiger partial charge in [-0.2, -0.15) is 4.98 Å². The predicted molar refractivity (Wildman–Crippen MR) is 86.5 cm³/mol. The van der Waals surface area contributed by atoms with Crippen molar-refractivity contribution in [3.05, 3.63) is 24.5 Å². The molecule has 1 saturated carbocycles. The minimum absolute atomic E-state index is 0.124. The van der Waals surface area contributed by atoms with E-state index in [-0.39, 0.29) is 18.7 Å². The molecule has 1 N–H and O–H groups in total. The molecule has 2 aromatic rings. The number of carbonyl (C=O) groups is 2. The molecule has 0 aliphatic heterocycles. The van der Waals surface area contributed by atoms with Gasteiger partial charge < -0.3 is 18.9 Å². The molecular formula is C17H21N3O5. The van der Waals surface area contributed by atoms with E-state index in [1.807, 2.05) is 0 Å². The highest BCUT2D eigenvalue weighted by atomic mass is 16.5. The van der Waals surface area contributed by atoms with Gasteiger partial charge in [0.25, 0.3) is 0 Å². The number of likely N-dealkylation sites (N-methyl/N-ethyl adjacent to an activating group) is 1. The van der Waals surface area contributed by atoms with Gasteiger partial charge >= 0.3 is 5.97 Å². The number of hydrogen-bond acceptors (Lipinski definition) is 6. The summed E-state index contributed by atoms with van der Waals surface area (Å²) in [5.41, 5.74) is -0.392. The fourth-order valence-corrected chi connectivity index (χ4v) is 3.32. The van der Waals surface area contributed by atoms with Crippen molar-refractivity contribution in [2.45, 2.75) is 50.5 Å². The summed E-state index contributed by atoms with van der Waals surface area (Å²) in [7, 11) is 1.58. The lowest BCUT2D eigenvalue weighted by molar-refractivity contribution is -0.160. The van der Waals surface area contributed by atoms with Gasteiger partial charge in [-0.05, 0) is 18.9 Å². The average molecular weight is 347 g/mol. The number of nitrogens with zero attached hydrogens (tertiary/aromatic N) is 3. The molecule has 0 unspecified atom stereocenters. The summed E-state index contributed by atoms with van der Waals surface area (Å²) < 4.78 is 10.1. The zero-order valence-electron chi connectivity index (χ0n) is 14.1. The molecule has 0 atom stereocenters. The quantitative estimate of drug-likeness (QED) is 0.855. The second-order valence-electron chi connectivity index (χ2n) is 6.37. The molecule has 1 amide bonds. The molecule has 2 heterocycles. The van der Waals surface area contributed by atoms with Crippen LogP contribution in [0.5, 0.6) is 0 Å². The van der Waals surface area contributed by atoms with Crippen LogP contribution in [0, 0.1) is 0 Å². The van der Waals surface area contributed by atoms with Crippen LogP contribution in [-0.2, 0) is 16.0 Å². The van der Waals surface area contributed by atoms with Crippen LogP contribution in [0.1, 0.15) is 44.4 Å². The number of hydrogen-bond donors (Lipinski definition) is 1. The van der Waals surface area contributed by atoms with Crippen molar-refractivity contribution in [1.82, 2.24) is 15.0 Å². The van der Waals surface area contributed by atoms with Gasteiger partial charge in [0.1, 0.15) is 11.8 Å². The SMILES string of the molecule is CN(C(=O)CCc1nc(-c2ccoc2)no1)C1(C(=O)O)CCCCC1. The monoisotopic (exact) mass is 347 g/mol. The van der Waals surface area contributed by atoms with Crippen LogP contribution in [0.15, 0.2) is 27.5 Å². The zero-order chi connectivity index (χ0) is 17.9. The standard InChI is InChI=1S/C17H21N3O5/c1-20(17(16(22)23)8-3-2-4-9-17)14(21)6-5-13-18-15(19-25-13)12-7-10-24-11-12/h7,10-11H,2-6,8-9H2,1H3,(H,22,23). The Morgan fingerprint density at radius 1 is 1.32 bits per heavy atom. The van der Waals surface area contributed by atoms with Crippen molar-refractivity contribution >= 4 is 11.9 Å². The average Bonchev–Trinajstić information content (AvgIpc) is 3.30. The molecule has 0 spiro atoms. The van der Waals surface area contributed by atoms with Gasteiger partial charge in [0.05, 0.1) is 11.8 Å². The fourth-order valence-electron chi connectivity index (χ4n) is 3.32. The number of aromatic nitrogens is 2. The smallest absolute Gasteiger partial charge is 0.329 e. The molecule has 0 aromatic carbocycles. The van der Waals surface area contributed by atoms with Gasteiger partial charge in [0.15, 0.2) is 0 Å². The van der Waals surface area contributed by atoms with Gasteiger partial charge in [0.2, 0.25) is 17.6 Å². The normalized spacial score (nSPS) is 16.5. The number of furan rings is 1. The van der Waals surface area contributed by atoms with Gasteiger partial charge in [0, 0.05) is 19.9 Å². The van der Waals surface area contributed by atoms with Crippen molar-refractivity contribution in [2.24, 2.45) is 0 Å². The molecule has 1 fully saturated rings. The maximum Gasteiger partial charge on any atom is 0.329 e. The van der Waals surface area contributed by atoms with Crippen LogP contribution in [-0.4, -0.2) is 44.6 Å². The second kappa shape index (κ2) is 7.08. The Kier molecular flexibility index (Phi) is 4.87. The lowest BCUT2D eigenvalue weighted by Crippen LogP contribution is -2.56. The highest BCUT2D eigenvalue weighted by Crippen LogP contribution is 2.33. The van der Waals surface area contributed by atoms with Crippen molar-refractivity contribution in [3.8, 4) is 11.4 Å². The minimum atomic E-state index is -1.09. The molecule has 25 heavy (non-hydrogen) atoms. The fraction of sp³-hybridized carbons (Fsp3) is 0.529. The Hall–Kier alpha value is -2.64. The summed E-state index contributed by atoms with van der Waals surface area (Å²) in [5.74, 6) is -0.416. The van der Waals surface area contributed by atoms with E-state index >= 15 is 0 Å². The second-order valence-corrected chi connectivity index (χ2v) is 6.37. The lowest BCUT2D eigenvalue weighted by Gasteiger charge is -2.41. The summed E-state index contributed by atoms with van der Waals surface area (Å²) in [6, 6.07) is 1.72. The Balaban J connectivity index is 1.62. The minimum Gasteiger partial charge on any atom is -0.479 e. The first-order valence-electron chi connectivity index (χ1n) is 8.38. The van der Waals surface area contributed by atoms with Crippen molar-refractivity contribution in [3.63, 3.8) is 0 Å². The predicted octanol–water partition coefficient (Wildman–Crippen LogP) is 2.51. The zero-order valence-corrected chi connectivity index (χ0v) is 14.1. The molecule has 1 aliphatic rings. The lowest BCUT2D eigenvalue weighted by atomic mass is 9.80. The van der Waals surface area contributed by atoms with E-state index in [0.29, 0.717) is 30.1 Å². The Morgan fingerprint density at radius 2 is 2.08 bits per heavy atom. The number of carboxylic acids is 1. The van der Waals surface area contributed by atoms with Gasteiger partial charge in [-0.25, -0.2) is 4.79 Å². The van der Waals surface area contributed by atoms with Crippen LogP contribution >= 0.6 is 0 Å². The molecule has 134 valence electrons.